The highest BCUT2D eigenvalue weighted by Gasteiger charge is 2.38. The van der Waals surface area contributed by atoms with Crippen LogP contribution in [0.2, 0.25) is 0 Å². The molecular formula is C28H35F4N3O7. The van der Waals surface area contributed by atoms with Crippen LogP contribution in [0.3, 0.4) is 0 Å². The van der Waals surface area contributed by atoms with Gasteiger partial charge in [0.25, 0.3) is 0 Å². The summed E-state index contributed by atoms with van der Waals surface area (Å²) >= 11 is 0. The number of rotatable bonds is 12. The summed E-state index contributed by atoms with van der Waals surface area (Å²) in [6, 6.07) is 8.99. The summed E-state index contributed by atoms with van der Waals surface area (Å²) in [4.78, 5) is 38.7. The van der Waals surface area contributed by atoms with Gasteiger partial charge in [0, 0.05) is 6.42 Å². The summed E-state index contributed by atoms with van der Waals surface area (Å²) in [7, 11) is 4.45. The number of carbonyl (C=O) groups excluding carboxylic acids is 2. The Balaban J connectivity index is 0.00000112. The van der Waals surface area contributed by atoms with Gasteiger partial charge in [0.2, 0.25) is 5.91 Å². The van der Waals surface area contributed by atoms with Gasteiger partial charge < -0.3 is 25.1 Å². The lowest BCUT2D eigenvalue weighted by Crippen LogP contribution is -2.40. The van der Waals surface area contributed by atoms with Crippen molar-refractivity contribution < 1.29 is 51.3 Å². The number of ether oxygens (including phenoxy) is 3. The summed E-state index contributed by atoms with van der Waals surface area (Å²) in [6.07, 6.45) is -3.73. The van der Waals surface area contributed by atoms with E-state index in [1.165, 1.54) is 27.4 Å². The molecule has 0 aliphatic rings. The van der Waals surface area contributed by atoms with Crippen LogP contribution in [-0.2, 0) is 27.2 Å². The molecular weight excluding hydrogens is 566 g/mol. The first-order chi connectivity index (χ1) is 19.7. The largest absolute Gasteiger partial charge is 0.494 e. The molecule has 2 aromatic rings. The minimum Gasteiger partial charge on any atom is -0.494 e. The van der Waals surface area contributed by atoms with Crippen LogP contribution in [0.5, 0.6) is 17.2 Å². The number of aliphatic carboxylic acids is 1. The van der Waals surface area contributed by atoms with E-state index in [1.807, 2.05) is 13.8 Å². The van der Waals surface area contributed by atoms with Gasteiger partial charge in [-0.1, -0.05) is 32.4 Å². The number of halogens is 4. The molecule has 0 spiro atoms. The number of nitrogens with two attached hydrogens (primary N) is 1. The third-order valence-corrected chi connectivity index (χ3v) is 5.99. The SMILES string of the molecule is CC[C@@H](C)[C@@H](N=C(N)NC(=O)Cc1ccc(OC)c(OC)c1)C(=O)CCc1ccc(F)c(OC)c1.O=C(O)C(F)(F)F. The van der Waals surface area contributed by atoms with Gasteiger partial charge in [-0.15, -0.1) is 0 Å². The van der Waals surface area contributed by atoms with Crippen LogP contribution in [0.1, 0.15) is 37.8 Å². The topological polar surface area (TPSA) is 150 Å². The normalized spacial score (nSPS) is 12.7. The Morgan fingerprint density at radius 1 is 0.976 bits per heavy atom. The zero-order chi connectivity index (χ0) is 32.0. The molecule has 42 heavy (non-hydrogen) atoms. The molecule has 2 atom stereocenters. The van der Waals surface area contributed by atoms with Crippen molar-refractivity contribution in [2.75, 3.05) is 21.3 Å². The number of hydrogen-bond donors (Lipinski definition) is 3. The Morgan fingerprint density at radius 2 is 1.52 bits per heavy atom. The van der Waals surface area contributed by atoms with Gasteiger partial charge in [-0.25, -0.2) is 14.2 Å². The van der Waals surface area contributed by atoms with E-state index in [0.717, 1.165) is 5.56 Å². The predicted molar refractivity (Wildman–Crippen MR) is 146 cm³/mol. The number of nitrogens with one attached hydrogen (secondary N) is 1. The van der Waals surface area contributed by atoms with E-state index in [-0.39, 0.29) is 42.2 Å². The van der Waals surface area contributed by atoms with E-state index in [9.17, 15) is 27.2 Å². The molecule has 0 bridgehead atoms. The van der Waals surface area contributed by atoms with Crippen LogP contribution in [0.15, 0.2) is 41.4 Å². The van der Waals surface area contributed by atoms with Gasteiger partial charge in [0.15, 0.2) is 34.8 Å². The Morgan fingerprint density at radius 3 is 2.05 bits per heavy atom. The van der Waals surface area contributed by atoms with Crippen molar-refractivity contribution in [2.45, 2.75) is 51.7 Å². The molecule has 0 aromatic heterocycles. The van der Waals surface area contributed by atoms with Crippen molar-refractivity contribution in [3.8, 4) is 17.2 Å². The van der Waals surface area contributed by atoms with Crippen molar-refractivity contribution in [3.05, 3.63) is 53.3 Å². The Labute approximate surface area is 240 Å². The number of carbonyl (C=O) groups is 3. The minimum atomic E-state index is -5.08. The highest BCUT2D eigenvalue weighted by Crippen LogP contribution is 2.27. The van der Waals surface area contributed by atoms with Crippen LogP contribution in [0.25, 0.3) is 0 Å². The second-order valence-electron chi connectivity index (χ2n) is 9.00. The molecule has 10 nitrogen and oxygen atoms in total. The zero-order valence-corrected chi connectivity index (χ0v) is 23.9. The summed E-state index contributed by atoms with van der Waals surface area (Å²) in [5.74, 6) is -2.68. The predicted octanol–water partition coefficient (Wildman–Crippen LogP) is 4.07. The fourth-order valence-electron chi connectivity index (χ4n) is 3.56. The van der Waals surface area contributed by atoms with Gasteiger partial charge in [0.1, 0.15) is 6.04 Å². The number of hydrogen-bond acceptors (Lipinski definition) is 7. The smallest absolute Gasteiger partial charge is 0.490 e. The summed E-state index contributed by atoms with van der Waals surface area (Å²) in [5.41, 5.74) is 7.47. The molecule has 0 heterocycles. The molecule has 0 fully saturated rings. The molecule has 1 amide bonds. The highest BCUT2D eigenvalue weighted by molar-refractivity contribution is 5.98. The number of aryl methyl sites for hydroxylation is 1. The van der Waals surface area contributed by atoms with Gasteiger partial charge in [0.05, 0.1) is 27.8 Å². The molecule has 0 saturated carbocycles. The molecule has 0 aliphatic carbocycles. The van der Waals surface area contributed by atoms with Crippen molar-refractivity contribution in [1.82, 2.24) is 5.32 Å². The van der Waals surface area contributed by atoms with Crippen LogP contribution >= 0.6 is 0 Å². The molecule has 0 saturated heterocycles. The van der Waals surface area contributed by atoms with Crippen molar-refractivity contribution in [3.63, 3.8) is 0 Å². The van der Waals surface area contributed by atoms with Crippen molar-refractivity contribution in [1.29, 1.82) is 0 Å². The van der Waals surface area contributed by atoms with Gasteiger partial charge >= 0.3 is 12.1 Å². The molecule has 14 heteroatoms. The van der Waals surface area contributed by atoms with E-state index in [0.29, 0.717) is 29.9 Å². The van der Waals surface area contributed by atoms with Crippen LogP contribution in [-0.4, -0.2) is 62.3 Å². The van der Waals surface area contributed by atoms with Gasteiger partial charge in [-0.3, -0.25) is 14.9 Å². The lowest BCUT2D eigenvalue weighted by molar-refractivity contribution is -0.192. The number of benzene rings is 2. The maximum absolute atomic E-state index is 13.6. The summed E-state index contributed by atoms with van der Waals surface area (Å²) in [5, 5.41) is 9.69. The number of alkyl halides is 3. The second kappa shape index (κ2) is 16.8. The molecule has 232 valence electrons. The molecule has 2 aromatic carbocycles. The molecule has 2 rings (SSSR count). The lowest BCUT2D eigenvalue weighted by atomic mass is 9.93. The maximum Gasteiger partial charge on any atom is 0.490 e. The van der Waals surface area contributed by atoms with Gasteiger partial charge in [-0.05, 0) is 47.7 Å². The summed E-state index contributed by atoms with van der Waals surface area (Å²) in [6.45, 7) is 3.86. The number of ketones is 1. The monoisotopic (exact) mass is 601 g/mol. The number of nitrogens with zero attached hydrogens (tertiary/aromatic N) is 1. The maximum atomic E-state index is 13.6. The highest BCUT2D eigenvalue weighted by atomic mass is 19.4. The Kier molecular flexibility index (Phi) is 14.3. The fraction of sp³-hybridized carbons (Fsp3) is 0.429. The van der Waals surface area contributed by atoms with Gasteiger partial charge in [-0.2, -0.15) is 13.2 Å². The van der Waals surface area contributed by atoms with Crippen LogP contribution < -0.4 is 25.3 Å². The van der Waals surface area contributed by atoms with Crippen LogP contribution in [0.4, 0.5) is 17.6 Å². The number of aliphatic imine (C=N–C) groups is 1. The zero-order valence-electron chi connectivity index (χ0n) is 23.9. The number of carboxylic acids is 1. The first-order valence-corrected chi connectivity index (χ1v) is 12.7. The fourth-order valence-corrected chi connectivity index (χ4v) is 3.56. The second-order valence-corrected chi connectivity index (χ2v) is 9.00. The van der Waals surface area contributed by atoms with E-state index >= 15 is 0 Å². The Bertz CT molecular complexity index is 1250. The minimum absolute atomic E-state index is 0.0465. The quantitative estimate of drug-likeness (QED) is 0.187. The molecule has 4 N–H and O–H groups in total. The van der Waals surface area contributed by atoms with E-state index < -0.39 is 24.0 Å². The van der Waals surface area contributed by atoms with Crippen LogP contribution in [0, 0.1) is 11.7 Å². The number of Topliss-reactive ketones (excluding diaryl/α,β-unsaturated/α-hetero) is 1. The number of amides is 1. The third kappa shape index (κ3) is 11.6. The first-order valence-electron chi connectivity index (χ1n) is 12.7. The Hall–Kier alpha value is -4.36. The molecule has 0 aliphatic heterocycles. The summed E-state index contributed by atoms with van der Waals surface area (Å²) < 4.78 is 60.8. The van der Waals surface area contributed by atoms with Crippen molar-refractivity contribution in [2.24, 2.45) is 16.6 Å². The molecule has 0 unspecified atom stereocenters. The van der Waals surface area contributed by atoms with E-state index in [2.05, 4.69) is 10.3 Å². The third-order valence-electron chi connectivity index (χ3n) is 5.99. The van der Waals surface area contributed by atoms with Crippen molar-refractivity contribution >= 4 is 23.6 Å². The first kappa shape index (κ1) is 35.7. The lowest BCUT2D eigenvalue weighted by Gasteiger charge is -2.19. The van der Waals surface area contributed by atoms with E-state index in [1.54, 1.807) is 30.3 Å². The standard InChI is InChI=1S/C26H34FN3O5.C2HF3O2/c1-6-16(2)25(20(31)11-8-17-7-10-19(27)22(13-17)34-4)30-26(28)29-24(32)15-18-9-12-21(33-3)23(14-18)35-5;3-2(4,5)1(6)7/h7,9-10,12-14,16,25H,6,8,11,15H2,1-5H3,(H3,28,29,30,32);(H,6,7)/t16-,25-;/m1./s1. The number of guanidine groups is 1. The average molecular weight is 602 g/mol. The number of carboxylic acid groups (broad SMARTS) is 1. The molecule has 0 radical (unpaired) electrons. The average Bonchev–Trinajstić information content (AvgIpc) is 2.94. The number of methoxy groups -OCH3 is 3. The van der Waals surface area contributed by atoms with E-state index in [4.69, 9.17) is 29.8 Å².